The van der Waals surface area contributed by atoms with Crippen molar-refractivity contribution >= 4 is 5.91 Å². The van der Waals surface area contributed by atoms with Crippen LogP contribution in [0.3, 0.4) is 0 Å². The van der Waals surface area contributed by atoms with Gasteiger partial charge in [0.1, 0.15) is 0 Å². The van der Waals surface area contributed by atoms with Crippen molar-refractivity contribution in [2.75, 3.05) is 6.61 Å². The third-order valence-corrected chi connectivity index (χ3v) is 2.01. The van der Waals surface area contributed by atoms with Gasteiger partial charge in [0.2, 0.25) is 0 Å². The van der Waals surface area contributed by atoms with Crippen LogP contribution >= 0.6 is 0 Å². The molecule has 1 rings (SSSR count). The lowest BCUT2D eigenvalue weighted by Gasteiger charge is -2.35. The molecule has 64 valence electrons. The first kappa shape index (κ1) is 8.49. The van der Waals surface area contributed by atoms with Crippen LogP contribution in [0.25, 0.3) is 0 Å². The highest BCUT2D eigenvalue weighted by molar-refractivity contribution is 5.86. The Hall–Kier alpha value is -0.610. The van der Waals surface area contributed by atoms with Gasteiger partial charge in [0.15, 0.2) is 0 Å². The molecule has 0 saturated heterocycles. The largest absolute Gasteiger partial charge is 0.317 e. The number of carbonyl (C=O) groups is 1. The SMILES string of the molecule is CCONC(=O)C1(N)CCC1. The minimum absolute atomic E-state index is 0.189. The molecule has 0 aliphatic heterocycles. The summed E-state index contributed by atoms with van der Waals surface area (Å²) in [5, 5.41) is 0. The molecule has 0 unspecified atom stereocenters. The van der Waals surface area contributed by atoms with Crippen LogP contribution in [0.2, 0.25) is 0 Å². The van der Waals surface area contributed by atoms with Gasteiger partial charge in [0.05, 0.1) is 12.1 Å². The van der Waals surface area contributed by atoms with Crippen LogP contribution in [-0.2, 0) is 9.63 Å². The molecule has 0 aromatic carbocycles. The fourth-order valence-corrected chi connectivity index (χ4v) is 1.02. The van der Waals surface area contributed by atoms with E-state index in [1.54, 1.807) is 0 Å². The Morgan fingerprint density at radius 2 is 2.36 bits per heavy atom. The van der Waals surface area contributed by atoms with Crippen LogP contribution in [-0.4, -0.2) is 18.1 Å². The molecule has 1 aliphatic carbocycles. The topological polar surface area (TPSA) is 64.3 Å². The summed E-state index contributed by atoms with van der Waals surface area (Å²) >= 11 is 0. The van der Waals surface area contributed by atoms with Gasteiger partial charge < -0.3 is 5.73 Å². The van der Waals surface area contributed by atoms with Crippen LogP contribution in [0.15, 0.2) is 0 Å². The molecule has 0 spiro atoms. The van der Waals surface area contributed by atoms with Gasteiger partial charge in [0.25, 0.3) is 5.91 Å². The summed E-state index contributed by atoms with van der Waals surface area (Å²) in [4.78, 5) is 15.9. The Morgan fingerprint density at radius 3 is 2.73 bits per heavy atom. The van der Waals surface area contributed by atoms with Crippen molar-refractivity contribution in [3.8, 4) is 0 Å². The molecule has 0 atom stereocenters. The molecule has 1 fully saturated rings. The molecule has 4 nitrogen and oxygen atoms in total. The van der Waals surface area contributed by atoms with Crippen molar-refractivity contribution in [1.82, 2.24) is 5.48 Å². The number of rotatable bonds is 3. The van der Waals surface area contributed by atoms with Crippen LogP contribution in [0.4, 0.5) is 0 Å². The fraction of sp³-hybridized carbons (Fsp3) is 0.857. The summed E-state index contributed by atoms with van der Waals surface area (Å²) in [6.45, 7) is 2.28. The number of nitrogens with two attached hydrogens (primary N) is 1. The number of amides is 1. The van der Waals surface area contributed by atoms with Crippen LogP contribution < -0.4 is 11.2 Å². The third-order valence-electron chi connectivity index (χ3n) is 2.01. The monoisotopic (exact) mass is 158 g/mol. The highest BCUT2D eigenvalue weighted by atomic mass is 16.6. The van der Waals surface area contributed by atoms with Crippen molar-refractivity contribution < 1.29 is 9.63 Å². The summed E-state index contributed by atoms with van der Waals surface area (Å²) in [6.07, 6.45) is 2.58. The molecule has 0 aromatic heterocycles. The minimum Gasteiger partial charge on any atom is -0.317 e. The molecular formula is C7H14N2O2. The second-order valence-corrected chi connectivity index (χ2v) is 2.87. The standard InChI is InChI=1S/C7H14N2O2/c1-2-11-9-6(10)7(8)4-3-5-7/h2-5,8H2,1H3,(H,9,10). The Kier molecular flexibility index (Phi) is 2.46. The molecule has 1 aliphatic rings. The van der Waals surface area contributed by atoms with Gasteiger partial charge in [0, 0.05) is 0 Å². The summed E-state index contributed by atoms with van der Waals surface area (Å²) in [7, 11) is 0. The van der Waals surface area contributed by atoms with E-state index in [2.05, 4.69) is 5.48 Å². The smallest absolute Gasteiger partial charge is 0.263 e. The van der Waals surface area contributed by atoms with Crippen LogP contribution in [0.1, 0.15) is 26.2 Å². The van der Waals surface area contributed by atoms with Crippen molar-refractivity contribution in [2.45, 2.75) is 31.7 Å². The van der Waals surface area contributed by atoms with Gasteiger partial charge in [-0.25, -0.2) is 5.48 Å². The predicted molar refractivity (Wildman–Crippen MR) is 40.5 cm³/mol. The second kappa shape index (κ2) is 3.19. The normalized spacial score (nSPS) is 20.5. The van der Waals surface area contributed by atoms with E-state index >= 15 is 0 Å². The van der Waals surface area contributed by atoms with E-state index in [0.717, 1.165) is 19.3 Å². The van der Waals surface area contributed by atoms with Crippen molar-refractivity contribution in [1.29, 1.82) is 0 Å². The zero-order valence-corrected chi connectivity index (χ0v) is 6.72. The number of carbonyl (C=O) groups excluding carboxylic acids is 1. The maximum atomic E-state index is 11.1. The Bertz CT molecular complexity index is 155. The van der Waals surface area contributed by atoms with Crippen molar-refractivity contribution in [3.63, 3.8) is 0 Å². The molecule has 0 heterocycles. The maximum Gasteiger partial charge on any atom is 0.263 e. The Morgan fingerprint density at radius 1 is 1.73 bits per heavy atom. The number of hydrogen-bond acceptors (Lipinski definition) is 3. The third kappa shape index (κ3) is 1.70. The lowest BCUT2D eigenvalue weighted by atomic mass is 9.77. The van der Waals surface area contributed by atoms with Crippen molar-refractivity contribution in [3.05, 3.63) is 0 Å². The molecule has 0 radical (unpaired) electrons. The van der Waals surface area contributed by atoms with Crippen LogP contribution in [0.5, 0.6) is 0 Å². The summed E-state index contributed by atoms with van der Waals surface area (Å²) in [5.41, 5.74) is 7.36. The number of hydroxylamine groups is 1. The molecule has 11 heavy (non-hydrogen) atoms. The summed E-state index contributed by atoms with van der Waals surface area (Å²) < 4.78 is 0. The van der Waals surface area contributed by atoms with Gasteiger partial charge in [-0.1, -0.05) is 0 Å². The zero-order chi connectivity index (χ0) is 8.32. The van der Waals surface area contributed by atoms with E-state index in [1.807, 2.05) is 6.92 Å². The van der Waals surface area contributed by atoms with Crippen molar-refractivity contribution in [2.24, 2.45) is 5.73 Å². The molecule has 0 bridgehead atoms. The molecule has 1 amide bonds. The minimum atomic E-state index is -0.644. The quantitative estimate of drug-likeness (QED) is 0.565. The van der Waals surface area contributed by atoms with E-state index < -0.39 is 5.54 Å². The first-order valence-corrected chi connectivity index (χ1v) is 3.90. The summed E-state index contributed by atoms with van der Waals surface area (Å²) in [5.74, 6) is -0.189. The van der Waals surface area contributed by atoms with Gasteiger partial charge in [-0.15, -0.1) is 0 Å². The molecule has 1 saturated carbocycles. The highest BCUT2D eigenvalue weighted by Gasteiger charge is 2.40. The fourth-order valence-electron chi connectivity index (χ4n) is 1.02. The average Bonchev–Trinajstić information content (AvgIpc) is 1.95. The molecule has 4 heteroatoms. The average molecular weight is 158 g/mol. The summed E-state index contributed by atoms with van der Waals surface area (Å²) in [6, 6.07) is 0. The Labute approximate surface area is 66.0 Å². The predicted octanol–water partition coefficient (Wildman–Crippen LogP) is -0.0645. The zero-order valence-electron chi connectivity index (χ0n) is 6.72. The first-order valence-electron chi connectivity index (χ1n) is 3.90. The van der Waals surface area contributed by atoms with Gasteiger partial charge in [-0.05, 0) is 26.2 Å². The van der Waals surface area contributed by atoms with Crippen LogP contribution in [0, 0.1) is 0 Å². The van der Waals surface area contributed by atoms with E-state index in [0.29, 0.717) is 6.61 Å². The van der Waals surface area contributed by atoms with Gasteiger partial charge in [-0.3, -0.25) is 9.63 Å². The van der Waals surface area contributed by atoms with Gasteiger partial charge >= 0.3 is 0 Å². The first-order chi connectivity index (χ1) is 5.19. The number of hydrogen-bond donors (Lipinski definition) is 2. The highest BCUT2D eigenvalue weighted by Crippen LogP contribution is 2.28. The van der Waals surface area contributed by atoms with E-state index in [1.165, 1.54) is 0 Å². The maximum absolute atomic E-state index is 11.1. The molecule has 0 aromatic rings. The molecular weight excluding hydrogens is 144 g/mol. The lowest BCUT2D eigenvalue weighted by Crippen LogP contribution is -2.58. The number of nitrogens with one attached hydrogen (secondary N) is 1. The lowest BCUT2D eigenvalue weighted by molar-refractivity contribution is -0.141. The van der Waals surface area contributed by atoms with Gasteiger partial charge in [-0.2, -0.15) is 0 Å². The molecule has 3 N–H and O–H groups in total. The van der Waals surface area contributed by atoms with E-state index in [-0.39, 0.29) is 5.91 Å². The Balaban J connectivity index is 2.28. The van der Waals surface area contributed by atoms with E-state index in [4.69, 9.17) is 10.6 Å². The van der Waals surface area contributed by atoms with E-state index in [9.17, 15) is 4.79 Å². The second-order valence-electron chi connectivity index (χ2n) is 2.87.